The van der Waals surface area contributed by atoms with Crippen LogP contribution in [0.1, 0.15) is 12.5 Å². The summed E-state index contributed by atoms with van der Waals surface area (Å²) in [5.74, 6) is -4.37. The van der Waals surface area contributed by atoms with Crippen LogP contribution in [0.15, 0.2) is 36.4 Å². The van der Waals surface area contributed by atoms with Crippen LogP contribution in [0.2, 0.25) is 0 Å². The topological polar surface area (TPSA) is 141 Å². The smallest absolute Gasteiger partial charge is 0.338 e. The first-order valence-electron chi connectivity index (χ1n) is 7.47. The van der Waals surface area contributed by atoms with E-state index < -0.39 is 43.0 Å². The van der Waals surface area contributed by atoms with Gasteiger partial charge in [-0.3, -0.25) is 19.3 Å². The normalized spacial score (nSPS) is 11.2. The molecule has 1 atom stereocenters. The van der Waals surface area contributed by atoms with Crippen molar-refractivity contribution in [2.24, 2.45) is 0 Å². The molecule has 0 aliphatic heterocycles. The maximum absolute atomic E-state index is 11.5. The summed E-state index contributed by atoms with van der Waals surface area (Å²) in [7, 11) is 0. The van der Waals surface area contributed by atoms with Crippen LogP contribution in [-0.2, 0) is 25.6 Å². The SMILES string of the molecule is C=C(C)C(=O)Oc1ccc(C[C@@H](C(=O)O)N(CC(=O)O)CC(=O)O)cc1.[Ga]. The van der Waals surface area contributed by atoms with Gasteiger partial charge in [0.25, 0.3) is 0 Å². The van der Waals surface area contributed by atoms with E-state index in [1.807, 2.05) is 0 Å². The molecule has 3 N–H and O–H groups in total. The van der Waals surface area contributed by atoms with E-state index in [1.54, 1.807) is 0 Å². The van der Waals surface area contributed by atoms with Crippen molar-refractivity contribution in [3.05, 3.63) is 42.0 Å². The first kappa shape index (κ1) is 24.4. The van der Waals surface area contributed by atoms with Crippen molar-refractivity contribution in [3.63, 3.8) is 0 Å². The number of ether oxygens (including phenoxy) is 1. The molecule has 0 spiro atoms. The number of esters is 1. The number of rotatable bonds is 10. The molecule has 1 aromatic carbocycles. The van der Waals surface area contributed by atoms with Crippen molar-refractivity contribution in [1.82, 2.24) is 4.90 Å². The predicted molar refractivity (Wildman–Crippen MR) is 94.6 cm³/mol. The van der Waals surface area contributed by atoms with Crippen LogP contribution in [0, 0.1) is 0 Å². The molecule has 0 amide bonds. The summed E-state index contributed by atoms with van der Waals surface area (Å²) in [6.45, 7) is 3.50. The minimum Gasteiger partial charge on any atom is -0.480 e. The molecular weight excluding hydrogens is 416 g/mol. The number of benzene rings is 1. The summed E-state index contributed by atoms with van der Waals surface area (Å²) in [6.07, 6.45) is -0.120. The molecule has 10 heteroatoms. The van der Waals surface area contributed by atoms with E-state index in [4.69, 9.17) is 14.9 Å². The number of carbonyl (C=O) groups is 4. The predicted octanol–water partition coefficient (Wildman–Crippen LogP) is 0.254. The van der Waals surface area contributed by atoms with Crippen LogP contribution in [0.3, 0.4) is 0 Å². The standard InChI is InChI=1S/C17H19NO8.Ga/c1-10(2)17(25)26-12-5-3-11(4-6-12)7-13(16(23)24)18(8-14(19)20)9-15(21)22;/h3-6,13H,1,7-9H2,2H3,(H,19,20)(H,21,22)(H,23,24);/t13-;/m0./s1. The fourth-order valence-corrected chi connectivity index (χ4v) is 2.11. The van der Waals surface area contributed by atoms with Gasteiger partial charge in [0, 0.05) is 25.4 Å². The van der Waals surface area contributed by atoms with E-state index in [-0.39, 0.29) is 37.5 Å². The van der Waals surface area contributed by atoms with Gasteiger partial charge < -0.3 is 20.1 Å². The number of carboxylic acids is 3. The van der Waals surface area contributed by atoms with Crippen LogP contribution < -0.4 is 4.74 Å². The van der Waals surface area contributed by atoms with E-state index >= 15 is 0 Å². The van der Waals surface area contributed by atoms with E-state index in [1.165, 1.54) is 31.2 Å². The Balaban J connectivity index is 0.00000676. The molecule has 0 bridgehead atoms. The Morgan fingerprint density at radius 3 is 1.89 bits per heavy atom. The molecule has 0 aliphatic carbocycles. The Hall–Kier alpha value is -2.56. The average Bonchev–Trinajstić information content (AvgIpc) is 2.52. The molecule has 1 aromatic rings. The summed E-state index contributed by atoms with van der Waals surface area (Å²) in [6, 6.07) is 4.58. The fourth-order valence-electron chi connectivity index (χ4n) is 2.11. The zero-order valence-corrected chi connectivity index (χ0v) is 17.0. The van der Waals surface area contributed by atoms with Crippen molar-refractivity contribution in [2.45, 2.75) is 19.4 Å². The third kappa shape index (κ3) is 8.58. The number of carboxylic acid groups (broad SMARTS) is 3. The van der Waals surface area contributed by atoms with Crippen molar-refractivity contribution in [1.29, 1.82) is 0 Å². The van der Waals surface area contributed by atoms with Gasteiger partial charge in [-0.1, -0.05) is 18.7 Å². The van der Waals surface area contributed by atoms with Gasteiger partial charge in [0.1, 0.15) is 11.8 Å². The Kier molecular flexibility index (Phi) is 10.1. The molecule has 0 saturated heterocycles. The van der Waals surface area contributed by atoms with Crippen LogP contribution in [0.4, 0.5) is 0 Å². The molecule has 27 heavy (non-hydrogen) atoms. The molecular formula is C17H19GaNO8. The fraction of sp³-hybridized carbons (Fsp3) is 0.294. The van der Waals surface area contributed by atoms with E-state index in [0.717, 1.165) is 4.90 Å². The number of hydrogen-bond donors (Lipinski definition) is 3. The maximum atomic E-state index is 11.5. The Labute approximate surface area is 168 Å². The molecule has 143 valence electrons. The first-order valence-corrected chi connectivity index (χ1v) is 7.47. The molecule has 9 nitrogen and oxygen atoms in total. The maximum Gasteiger partial charge on any atom is 0.338 e. The number of hydrogen-bond acceptors (Lipinski definition) is 6. The van der Waals surface area contributed by atoms with Gasteiger partial charge in [0.15, 0.2) is 0 Å². The average molecular weight is 435 g/mol. The van der Waals surface area contributed by atoms with Crippen molar-refractivity contribution >= 4 is 43.7 Å². The van der Waals surface area contributed by atoms with Crippen LogP contribution in [-0.4, -0.2) is 83.0 Å². The number of aliphatic carboxylic acids is 3. The summed E-state index contributed by atoms with van der Waals surface area (Å²) in [5.41, 5.74) is 0.728. The van der Waals surface area contributed by atoms with E-state index in [9.17, 15) is 24.3 Å². The molecule has 0 aromatic heterocycles. The number of nitrogens with zero attached hydrogens (tertiary/aromatic N) is 1. The second-order valence-corrected chi connectivity index (χ2v) is 5.56. The Morgan fingerprint density at radius 1 is 1.04 bits per heavy atom. The molecule has 0 heterocycles. The molecule has 0 unspecified atom stereocenters. The van der Waals surface area contributed by atoms with Crippen LogP contribution >= 0.6 is 0 Å². The monoisotopic (exact) mass is 434 g/mol. The Morgan fingerprint density at radius 2 is 1.52 bits per heavy atom. The molecule has 0 fully saturated rings. The minimum atomic E-state index is -1.34. The van der Waals surface area contributed by atoms with Crippen molar-refractivity contribution in [3.8, 4) is 5.75 Å². The quantitative estimate of drug-likeness (QED) is 0.204. The zero-order chi connectivity index (χ0) is 19.9. The van der Waals surface area contributed by atoms with Gasteiger partial charge in [-0.25, -0.2) is 4.79 Å². The third-order valence-electron chi connectivity index (χ3n) is 3.31. The number of carbonyl (C=O) groups excluding carboxylic acids is 1. The second-order valence-electron chi connectivity index (χ2n) is 5.56. The van der Waals surface area contributed by atoms with Crippen molar-refractivity contribution < 1.29 is 39.2 Å². The Bertz CT molecular complexity index is 700. The van der Waals surface area contributed by atoms with Gasteiger partial charge in [0.2, 0.25) is 0 Å². The van der Waals surface area contributed by atoms with Crippen molar-refractivity contribution in [2.75, 3.05) is 13.1 Å². The molecule has 3 radical (unpaired) electrons. The van der Waals surface area contributed by atoms with E-state index in [2.05, 4.69) is 6.58 Å². The van der Waals surface area contributed by atoms with Gasteiger partial charge in [-0.15, -0.1) is 0 Å². The largest absolute Gasteiger partial charge is 0.480 e. The summed E-state index contributed by atoms with van der Waals surface area (Å²) in [4.78, 5) is 45.6. The molecule has 1 rings (SSSR count). The van der Waals surface area contributed by atoms with Gasteiger partial charge in [-0.05, 0) is 31.0 Å². The molecule has 0 saturated carbocycles. The second kappa shape index (κ2) is 11.2. The summed E-state index contributed by atoms with van der Waals surface area (Å²) < 4.78 is 5.02. The van der Waals surface area contributed by atoms with Gasteiger partial charge in [-0.2, -0.15) is 0 Å². The zero-order valence-electron chi connectivity index (χ0n) is 14.6. The van der Waals surface area contributed by atoms with Gasteiger partial charge >= 0.3 is 23.9 Å². The van der Waals surface area contributed by atoms with E-state index in [0.29, 0.717) is 5.56 Å². The first-order chi connectivity index (χ1) is 12.1. The van der Waals surface area contributed by atoms with Crippen LogP contribution in [0.25, 0.3) is 0 Å². The van der Waals surface area contributed by atoms with Crippen LogP contribution in [0.5, 0.6) is 5.75 Å². The van der Waals surface area contributed by atoms with Gasteiger partial charge in [0.05, 0.1) is 13.1 Å². The third-order valence-corrected chi connectivity index (χ3v) is 3.31. The summed E-state index contributed by atoms with van der Waals surface area (Å²) in [5, 5.41) is 27.1. The minimum absolute atomic E-state index is 0. The molecule has 0 aliphatic rings. The summed E-state index contributed by atoms with van der Waals surface area (Å²) >= 11 is 0.